The molecule has 7 nitrogen and oxygen atoms in total. The molecule has 1 atom stereocenters. The lowest BCUT2D eigenvalue weighted by Crippen LogP contribution is -2.22. The van der Waals surface area contributed by atoms with Crippen molar-refractivity contribution < 1.29 is 18.3 Å². The van der Waals surface area contributed by atoms with Crippen molar-refractivity contribution in [1.29, 1.82) is 0 Å². The number of thioether (sulfide) groups is 1. The number of anilines is 1. The smallest absolute Gasteiger partial charge is 0.387 e. The van der Waals surface area contributed by atoms with Crippen molar-refractivity contribution in [2.24, 2.45) is 0 Å². The first-order valence-corrected chi connectivity index (χ1v) is 9.60. The fourth-order valence-electron chi connectivity index (χ4n) is 2.45. The van der Waals surface area contributed by atoms with Crippen LogP contribution < -0.4 is 10.1 Å². The van der Waals surface area contributed by atoms with Crippen molar-refractivity contribution in [3.8, 4) is 11.4 Å². The van der Waals surface area contributed by atoms with E-state index in [0.29, 0.717) is 10.8 Å². The van der Waals surface area contributed by atoms with Gasteiger partial charge in [0.05, 0.1) is 10.9 Å². The molecule has 1 heterocycles. The summed E-state index contributed by atoms with van der Waals surface area (Å²) in [7, 11) is 0. The molecule has 10 heteroatoms. The van der Waals surface area contributed by atoms with Gasteiger partial charge in [-0.1, -0.05) is 17.8 Å². The number of tetrazole rings is 1. The molecule has 2 aromatic carbocycles. The number of ether oxygens (including phenoxy) is 1. The average molecular weight is 419 g/mol. The number of nitrogens with one attached hydrogen (secondary N) is 1. The van der Waals surface area contributed by atoms with Gasteiger partial charge in [-0.2, -0.15) is 13.5 Å². The number of aromatic nitrogens is 4. The van der Waals surface area contributed by atoms with Crippen LogP contribution in [0.3, 0.4) is 0 Å². The molecule has 1 amide bonds. The average Bonchev–Trinajstić information content (AvgIpc) is 3.13. The van der Waals surface area contributed by atoms with Crippen molar-refractivity contribution in [1.82, 2.24) is 20.2 Å². The Bertz CT molecular complexity index is 995. The third-order valence-electron chi connectivity index (χ3n) is 4.17. The largest absolute Gasteiger partial charge is 0.435 e. The zero-order valence-electron chi connectivity index (χ0n) is 16.0. The number of carbonyl (C=O) groups excluding carboxylic acids is 1. The standard InChI is InChI=1S/C19H19F2N5O2S/c1-11-4-7-15(10-12(11)2)26-19(23-24-25-26)29-13(3)17(27)22-14-5-8-16(9-6-14)28-18(20)21/h4-10,13,18H,1-3H3,(H,22,27). The summed E-state index contributed by atoms with van der Waals surface area (Å²) in [5.74, 6) is -0.250. The van der Waals surface area contributed by atoms with E-state index in [2.05, 4.69) is 25.6 Å². The van der Waals surface area contributed by atoms with Crippen LogP contribution in [0.4, 0.5) is 14.5 Å². The lowest BCUT2D eigenvalue weighted by atomic mass is 10.1. The molecule has 0 aliphatic carbocycles. The van der Waals surface area contributed by atoms with Crippen molar-refractivity contribution in [3.63, 3.8) is 0 Å². The Kier molecular flexibility index (Phi) is 6.42. The first-order chi connectivity index (χ1) is 13.8. The Morgan fingerprint density at radius 2 is 1.86 bits per heavy atom. The summed E-state index contributed by atoms with van der Waals surface area (Å²) >= 11 is 1.21. The molecule has 0 aliphatic rings. The molecule has 0 spiro atoms. The summed E-state index contributed by atoms with van der Waals surface area (Å²) in [6.45, 7) is 2.86. The minimum Gasteiger partial charge on any atom is -0.435 e. The molecular weight excluding hydrogens is 400 g/mol. The molecule has 3 rings (SSSR count). The highest BCUT2D eigenvalue weighted by atomic mass is 32.2. The van der Waals surface area contributed by atoms with Gasteiger partial charge in [0.1, 0.15) is 5.75 Å². The molecule has 0 saturated carbocycles. The van der Waals surface area contributed by atoms with Crippen LogP contribution in [-0.4, -0.2) is 38.0 Å². The molecule has 0 fully saturated rings. The van der Waals surface area contributed by atoms with Gasteiger partial charge in [0.25, 0.3) is 0 Å². The second kappa shape index (κ2) is 8.99. The molecule has 0 aliphatic heterocycles. The fraction of sp³-hybridized carbons (Fsp3) is 0.263. The zero-order valence-corrected chi connectivity index (χ0v) is 16.8. The van der Waals surface area contributed by atoms with Crippen LogP contribution in [0.2, 0.25) is 0 Å². The van der Waals surface area contributed by atoms with Gasteiger partial charge in [0.2, 0.25) is 11.1 Å². The van der Waals surface area contributed by atoms with E-state index in [4.69, 9.17) is 0 Å². The van der Waals surface area contributed by atoms with Crippen molar-refractivity contribution in [2.45, 2.75) is 37.8 Å². The lowest BCUT2D eigenvalue weighted by molar-refractivity contribution is -0.115. The van der Waals surface area contributed by atoms with Gasteiger partial charge >= 0.3 is 6.61 Å². The second-order valence-corrected chi connectivity index (χ2v) is 7.60. The second-order valence-electron chi connectivity index (χ2n) is 6.29. The van der Waals surface area contributed by atoms with Gasteiger partial charge in [-0.3, -0.25) is 4.79 Å². The van der Waals surface area contributed by atoms with Crippen LogP contribution in [0, 0.1) is 13.8 Å². The molecule has 3 aromatic rings. The van der Waals surface area contributed by atoms with E-state index in [0.717, 1.165) is 16.8 Å². The highest BCUT2D eigenvalue weighted by Crippen LogP contribution is 2.25. The van der Waals surface area contributed by atoms with E-state index in [9.17, 15) is 13.6 Å². The van der Waals surface area contributed by atoms with Crippen LogP contribution in [0.15, 0.2) is 47.6 Å². The normalized spacial score (nSPS) is 12.1. The Morgan fingerprint density at radius 1 is 1.14 bits per heavy atom. The third-order valence-corrected chi connectivity index (χ3v) is 5.21. The number of halogens is 2. The van der Waals surface area contributed by atoms with E-state index >= 15 is 0 Å². The molecule has 29 heavy (non-hydrogen) atoms. The molecule has 0 radical (unpaired) electrons. The van der Waals surface area contributed by atoms with Gasteiger partial charge in [-0.05, 0) is 78.7 Å². The lowest BCUT2D eigenvalue weighted by Gasteiger charge is -2.12. The summed E-state index contributed by atoms with van der Waals surface area (Å²) in [5.41, 5.74) is 3.55. The Balaban J connectivity index is 1.66. The number of amides is 1. The first-order valence-electron chi connectivity index (χ1n) is 8.72. The zero-order chi connectivity index (χ0) is 21.0. The quantitative estimate of drug-likeness (QED) is 0.583. The molecule has 1 N–H and O–H groups in total. The summed E-state index contributed by atoms with van der Waals surface area (Å²) in [5, 5.41) is 14.5. The number of alkyl halides is 2. The maximum atomic E-state index is 12.5. The number of benzene rings is 2. The number of aryl methyl sites for hydroxylation is 2. The summed E-state index contributed by atoms with van der Waals surface area (Å²) in [6.07, 6.45) is 0. The summed E-state index contributed by atoms with van der Waals surface area (Å²) in [6, 6.07) is 11.6. The van der Waals surface area contributed by atoms with Crippen LogP contribution in [0.5, 0.6) is 5.75 Å². The Labute approximate surface area is 170 Å². The maximum absolute atomic E-state index is 12.5. The topological polar surface area (TPSA) is 81.9 Å². The number of hydrogen-bond donors (Lipinski definition) is 1. The van der Waals surface area contributed by atoms with Gasteiger partial charge in [-0.25, -0.2) is 0 Å². The molecule has 1 aromatic heterocycles. The van der Waals surface area contributed by atoms with Crippen LogP contribution >= 0.6 is 11.8 Å². The van der Waals surface area contributed by atoms with Crippen LogP contribution in [-0.2, 0) is 4.79 Å². The van der Waals surface area contributed by atoms with E-state index in [1.165, 1.54) is 36.0 Å². The number of rotatable bonds is 7. The highest BCUT2D eigenvalue weighted by Gasteiger charge is 2.19. The van der Waals surface area contributed by atoms with Crippen LogP contribution in [0.25, 0.3) is 5.69 Å². The summed E-state index contributed by atoms with van der Waals surface area (Å²) < 4.78 is 30.3. The van der Waals surface area contributed by atoms with Gasteiger partial charge in [0.15, 0.2) is 0 Å². The van der Waals surface area contributed by atoms with Gasteiger partial charge in [-0.15, -0.1) is 5.10 Å². The van der Waals surface area contributed by atoms with Crippen molar-refractivity contribution in [2.75, 3.05) is 5.32 Å². The maximum Gasteiger partial charge on any atom is 0.387 e. The number of carbonyl (C=O) groups is 1. The predicted octanol–water partition coefficient (Wildman–Crippen LogP) is 4.00. The summed E-state index contributed by atoms with van der Waals surface area (Å²) in [4.78, 5) is 12.5. The van der Waals surface area contributed by atoms with Gasteiger partial charge < -0.3 is 10.1 Å². The molecule has 0 saturated heterocycles. The molecule has 1 unspecified atom stereocenters. The van der Waals surface area contributed by atoms with E-state index in [-0.39, 0.29) is 11.7 Å². The molecule has 0 bridgehead atoms. The molecule has 152 valence electrons. The fourth-order valence-corrected chi connectivity index (χ4v) is 3.25. The molecular formula is C19H19F2N5O2S. The Hall–Kier alpha value is -3.01. The minimum atomic E-state index is -2.89. The van der Waals surface area contributed by atoms with E-state index in [1.54, 1.807) is 11.6 Å². The minimum absolute atomic E-state index is 0.0213. The van der Waals surface area contributed by atoms with Crippen LogP contribution in [0.1, 0.15) is 18.1 Å². The SMILES string of the molecule is Cc1ccc(-n2nnnc2SC(C)C(=O)Nc2ccc(OC(F)F)cc2)cc1C. The first kappa shape index (κ1) is 20.7. The monoisotopic (exact) mass is 419 g/mol. The van der Waals surface area contributed by atoms with E-state index < -0.39 is 11.9 Å². The van der Waals surface area contributed by atoms with Crippen molar-refractivity contribution >= 4 is 23.4 Å². The third kappa shape index (κ3) is 5.29. The number of hydrogen-bond acceptors (Lipinski definition) is 6. The van der Waals surface area contributed by atoms with E-state index in [1.807, 2.05) is 32.0 Å². The predicted molar refractivity (Wildman–Crippen MR) is 106 cm³/mol. The van der Waals surface area contributed by atoms with Crippen molar-refractivity contribution in [3.05, 3.63) is 53.6 Å². The van der Waals surface area contributed by atoms with Gasteiger partial charge in [0, 0.05) is 5.69 Å². The highest BCUT2D eigenvalue weighted by molar-refractivity contribution is 8.00. The Morgan fingerprint density at radius 3 is 2.52 bits per heavy atom. The number of nitrogens with zero attached hydrogens (tertiary/aromatic N) is 4.